The van der Waals surface area contributed by atoms with Crippen molar-refractivity contribution >= 4 is 17.5 Å². The third kappa shape index (κ3) is 3.56. The highest BCUT2D eigenvalue weighted by molar-refractivity contribution is 6.39. The van der Waals surface area contributed by atoms with Gasteiger partial charge < -0.3 is 10.2 Å². The Morgan fingerprint density at radius 2 is 1.74 bits per heavy atom. The minimum Gasteiger partial charge on any atom is -0.335 e. The Balaban J connectivity index is 1.93. The number of para-hydroxylation sites is 1. The van der Waals surface area contributed by atoms with E-state index < -0.39 is 11.8 Å². The van der Waals surface area contributed by atoms with Crippen molar-refractivity contribution in [3.05, 3.63) is 30.3 Å². The maximum Gasteiger partial charge on any atom is 0.313 e. The molecule has 1 aromatic carbocycles. The van der Waals surface area contributed by atoms with Crippen LogP contribution in [0.3, 0.4) is 0 Å². The molecule has 1 N–H and O–H groups in total. The molecular weight excluding hydrogens is 240 g/mol. The van der Waals surface area contributed by atoms with Crippen LogP contribution < -0.4 is 5.32 Å². The van der Waals surface area contributed by atoms with Crippen molar-refractivity contribution in [2.45, 2.75) is 38.1 Å². The summed E-state index contributed by atoms with van der Waals surface area (Å²) in [6.07, 6.45) is 5.52. The second kappa shape index (κ2) is 6.36. The summed E-state index contributed by atoms with van der Waals surface area (Å²) in [6.45, 7) is 0. The molecule has 0 aliphatic heterocycles. The van der Waals surface area contributed by atoms with E-state index in [9.17, 15) is 9.59 Å². The van der Waals surface area contributed by atoms with Crippen molar-refractivity contribution in [2.75, 3.05) is 12.4 Å². The van der Waals surface area contributed by atoms with Crippen LogP contribution in [-0.2, 0) is 9.59 Å². The third-order valence-electron chi connectivity index (χ3n) is 3.67. The van der Waals surface area contributed by atoms with Gasteiger partial charge in [0.25, 0.3) is 0 Å². The first-order chi connectivity index (χ1) is 9.18. The van der Waals surface area contributed by atoms with E-state index in [0.29, 0.717) is 5.69 Å². The summed E-state index contributed by atoms with van der Waals surface area (Å²) in [6, 6.07) is 9.27. The van der Waals surface area contributed by atoms with E-state index in [-0.39, 0.29) is 6.04 Å². The molecule has 1 aliphatic rings. The second-order valence-corrected chi connectivity index (χ2v) is 5.03. The van der Waals surface area contributed by atoms with Crippen LogP contribution in [0.1, 0.15) is 32.1 Å². The lowest BCUT2D eigenvalue weighted by Gasteiger charge is -2.30. The molecule has 0 atom stereocenters. The Hall–Kier alpha value is -1.84. The SMILES string of the molecule is CN(C(=O)C(=O)Nc1ccccc1)C1CCCCC1. The molecule has 1 aromatic rings. The van der Waals surface area contributed by atoms with Gasteiger partial charge >= 0.3 is 11.8 Å². The molecule has 1 saturated carbocycles. The molecule has 2 rings (SSSR count). The summed E-state index contributed by atoms with van der Waals surface area (Å²) in [7, 11) is 1.73. The Morgan fingerprint density at radius 1 is 1.11 bits per heavy atom. The summed E-state index contributed by atoms with van der Waals surface area (Å²) in [5.74, 6) is -1.00. The van der Waals surface area contributed by atoms with Crippen LogP contribution in [0.4, 0.5) is 5.69 Å². The van der Waals surface area contributed by atoms with E-state index in [2.05, 4.69) is 5.32 Å². The van der Waals surface area contributed by atoms with Crippen LogP contribution in [0.25, 0.3) is 0 Å². The Labute approximate surface area is 113 Å². The molecule has 4 heteroatoms. The largest absolute Gasteiger partial charge is 0.335 e. The molecule has 0 saturated heterocycles. The first-order valence-electron chi connectivity index (χ1n) is 6.81. The van der Waals surface area contributed by atoms with Crippen molar-refractivity contribution in [3.8, 4) is 0 Å². The Kier molecular flexibility index (Phi) is 4.55. The number of rotatable bonds is 2. The van der Waals surface area contributed by atoms with Crippen LogP contribution in [0.15, 0.2) is 30.3 Å². The van der Waals surface area contributed by atoms with Crippen molar-refractivity contribution in [2.24, 2.45) is 0 Å². The summed E-state index contributed by atoms with van der Waals surface area (Å²) in [5, 5.41) is 2.63. The zero-order chi connectivity index (χ0) is 13.7. The number of carbonyl (C=O) groups excluding carboxylic acids is 2. The molecule has 0 radical (unpaired) electrons. The van der Waals surface area contributed by atoms with Gasteiger partial charge in [0.1, 0.15) is 0 Å². The zero-order valence-corrected chi connectivity index (χ0v) is 11.3. The number of likely N-dealkylation sites (N-methyl/N-ethyl adjacent to an activating group) is 1. The molecule has 1 fully saturated rings. The molecule has 1 aliphatic carbocycles. The standard InChI is InChI=1S/C15H20N2O2/c1-17(13-10-6-3-7-11-13)15(19)14(18)16-12-8-4-2-5-9-12/h2,4-5,8-9,13H,3,6-7,10-11H2,1H3,(H,16,18). The number of carbonyl (C=O) groups is 2. The van der Waals surface area contributed by atoms with Crippen molar-refractivity contribution in [1.82, 2.24) is 4.90 Å². The van der Waals surface area contributed by atoms with Gasteiger partial charge in [-0.25, -0.2) is 0 Å². The summed E-state index contributed by atoms with van der Waals surface area (Å²) in [4.78, 5) is 25.5. The van der Waals surface area contributed by atoms with Gasteiger partial charge in [-0.3, -0.25) is 9.59 Å². The first kappa shape index (κ1) is 13.6. The highest BCUT2D eigenvalue weighted by Gasteiger charge is 2.26. The minimum absolute atomic E-state index is 0.211. The fourth-order valence-electron chi connectivity index (χ4n) is 2.50. The van der Waals surface area contributed by atoms with E-state index >= 15 is 0 Å². The highest BCUT2D eigenvalue weighted by Crippen LogP contribution is 2.21. The van der Waals surface area contributed by atoms with Crippen molar-refractivity contribution in [1.29, 1.82) is 0 Å². The number of benzene rings is 1. The molecule has 0 bridgehead atoms. The van der Waals surface area contributed by atoms with E-state index in [0.717, 1.165) is 25.7 Å². The van der Waals surface area contributed by atoms with E-state index in [1.807, 2.05) is 18.2 Å². The fourth-order valence-corrected chi connectivity index (χ4v) is 2.50. The summed E-state index contributed by atoms with van der Waals surface area (Å²) < 4.78 is 0. The number of hydrogen-bond acceptors (Lipinski definition) is 2. The number of nitrogens with zero attached hydrogens (tertiary/aromatic N) is 1. The fraction of sp³-hybridized carbons (Fsp3) is 0.467. The lowest BCUT2D eigenvalue weighted by atomic mass is 9.94. The van der Waals surface area contributed by atoms with Crippen LogP contribution in [0.2, 0.25) is 0 Å². The molecular formula is C15H20N2O2. The molecule has 4 nitrogen and oxygen atoms in total. The van der Waals surface area contributed by atoms with Gasteiger partial charge in [0.15, 0.2) is 0 Å². The molecule has 0 heterocycles. The average Bonchev–Trinajstić information content (AvgIpc) is 2.47. The van der Waals surface area contributed by atoms with Crippen LogP contribution in [-0.4, -0.2) is 29.8 Å². The van der Waals surface area contributed by atoms with E-state index in [1.165, 1.54) is 6.42 Å². The monoisotopic (exact) mass is 260 g/mol. The normalized spacial score (nSPS) is 15.8. The van der Waals surface area contributed by atoms with Crippen LogP contribution in [0, 0.1) is 0 Å². The van der Waals surface area contributed by atoms with Gasteiger partial charge in [-0.05, 0) is 25.0 Å². The van der Waals surface area contributed by atoms with Gasteiger partial charge in [0.2, 0.25) is 0 Å². The maximum absolute atomic E-state index is 12.1. The molecule has 2 amide bonds. The zero-order valence-electron chi connectivity index (χ0n) is 11.3. The third-order valence-corrected chi connectivity index (χ3v) is 3.67. The molecule has 102 valence electrons. The first-order valence-corrected chi connectivity index (χ1v) is 6.81. The van der Waals surface area contributed by atoms with Gasteiger partial charge in [0.05, 0.1) is 0 Å². The number of anilines is 1. The molecule has 0 aromatic heterocycles. The van der Waals surface area contributed by atoms with Gasteiger partial charge in [-0.15, -0.1) is 0 Å². The van der Waals surface area contributed by atoms with E-state index in [4.69, 9.17) is 0 Å². The van der Waals surface area contributed by atoms with Gasteiger partial charge in [-0.2, -0.15) is 0 Å². The smallest absolute Gasteiger partial charge is 0.313 e. The van der Waals surface area contributed by atoms with Gasteiger partial charge in [0, 0.05) is 18.8 Å². The van der Waals surface area contributed by atoms with E-state index in [1.54, 1.807) is 24.1 Å². The molecule has 19 heavy (non-hydrogen) atoms. The lowest BCUT2D eigenvalue weighted by molar-refractivity contribution is -0.144. The minimum atomic E-state index is -0.556. The summed E-state index contributed by atoms with van der Waals surface area (Å²) in [5.41, 5.74) is 0.651. The van der Waals surface area contributed by atoms with Crippen LogP contribution >= 0.6 is 0 Å². The number of nitrogens with one attached hydrogen (secondary N) is 1. The van der Waals surface area contributed by atoms with Crippen molar-refractivity contribution in [3.63, 3.8) is 0 Å². The maximum atomic E-state index is 12.1. The number of amides is 2. The number of hydrogen-bond donors (Lipinski definition) is 1. The molecule has 0 unspecified atom stereocenters. The lowest BCUT2D eigenvalue weighted by Crippen LogP contribution is -2.44. The summed E-state index contributed by atoms with van der Waals surface area (Å²) >= 11 is 0. The van der Waals surface area contributed by atoms with Crippen LogP contribution in [0.5, 0.6) is 0 Å². The highest BCUT2D eigenvalue weighted by atomic mass is 16.2. The predicted molar refractivity (Wildman–Crippen MR) is 74.7 cm³/mol. The topological polar surface area (TPSA) is 49.4 Å². The quantitative estimate of drug-likeness (QED) is 0.830. The van der Waals surface area contributed by atoms with Gasteiger partial charge in [-0.1, -0.05) is 37.5 Å². The Morgan fingerprint density at radius 3 is 2.37 bits per heavy atom. The van der Waals surface area contributed by atoms with Crippen molar-refractivity contribution < 1.29 is 9.59 Å². The predicted octanol–water partition coefficient (Wildman–Crippen LogP) is 2.42. The second-order valence-electron chi connectivity index (χ2n) is 5.03. The average molecular weight is 260 g/mol. The molecule has 0 spiro atoms. The Bertz CT molecular complexity index is 439.